The van der Waals surface area contributed by atoms with Gasteiger partial charge in [0, 0.05) is 18.9 Å². The summed E-state index contributed by atoms with van der Waals surface area (Å²) in [5.74, 6) is -2.18. The van der Waals surface area contributed by atoms with Gasteiger partial charge in [-0.1, -0.05) is 0 Å². The van der Waals surface area contributed by atoms with Gasteiger partial charge in [0.1, 0.15) is 5.69 Å². The summed E-state index contributed by atoms with van der Waals surface area (Å²) >= 11 is 0. The number of hydrogen-bond acceptors (Lipinski definition) is 6. The third-order valence-corrected chi connectivity index (χ3v) is 3.96. The molecule has 2 heterocycles. The molecule has 1 aliphatic rings. The number of carbonyl (C=O) groups is 2. The van der Waals surface area contributed by atoms with Crippen LogP contribution in [0.3, 0.4) is 0 Å². The van der Waals surface area contributed by atoms with E-state index in [0.717, 1.165) is 0 Å². The molecule has 0 radical (unpaired) electrons. The maximum Gasteiger partial charge on any atom is 0.356 e. The van der Waals surface area contributed by atoms with Crippen LogP contribution in [0.5, 0.6) is 0 Å². The largest absolute Gasteiger partial charge is 0.464 e. The van der Waals surface area contributed by atoms with E-state index >= 15 is 0 Å². The molecule has 0 N–H and O–H groups in total. The number of halogens is 1. The molecule has 0 bridgehead atoms. The Hall–Kier alpha value is -2.03. The number of anilines is 1. The molecule has 9 heteroatoms. The van der Waals surface area contributed by atoms with Crippen molar-refractivity contribution in [2.45, 2.75) is 6.42 Å². The summed E-state index contributed by atoms with van der Waals surface area (Å²) in [6, 6.07) is 2.90. The number of rotatable bonds is 4. The van der Waals surface area contributed by atoms with E-state index in [-0.39, 0.29) is 24.6 Å². The molecule has 0 aromatic carbocycles. The van der Waals surface area contributed by atoms with Crippen molar-refractivity contribution in [2.75, 3.05) is 24.3 Å². The number of aromatic nitrogens is 1. The van der Waals surface area contributed by atoms with Gasteiger partial charge < -0.3 is 9.64 Å². The van der Waals surface area contributed by atoms with Gasteiger partial charge in [-0.2, -0.15) is 8.42 Å². The van der Waals surface area contributed by atoms with Crippen molar-refractivity contribution in [3.63, 3.8) is 0 Å². The zero-order chi connectivity index (χ0) is 15.6. The predicted molar refractivity (Wildman–Crippen MR) is 70.9 cm³/mol. The van der Waals surface area contributed by atoms with Gasteiger partial charge in [0.05, 0.1) is 24.7 Å². The minimum atomic E-state index is -4.61. The van der Waals surface area contributed by atoms with Crippen LogP contribution in [0, 0.1) is 5.92 Å². The molecule has 0 aliphatic carbocycles. The summed E-state index contributed by atoms with van der Waals surface area (Å²) in [4.78, 5) is 28.3. The van der Waals surface area contributed by atoms with E-state index in [2.05, 4.69) is 9.72 Å². The quantitative estimate of drug-likeness (QED) is 0.594. The molecule has 0 spiro atoms. The molecule has 1 aromatic rings. The fourth-order valence-corrected chi connectivity index (χ4v) is 2.98. The first kappa shape index (κ1) is 15.4. The van der Waals surface area contributed by atoms with Crippen molar-refractivity contribution in [2.24, 2.45) is 5.92 Å². The third-order valence-electron chi connectivity index (χ3n) is 3.09. The third kappa shape index (κ3) is 3.75. The SMILES string of the molecule is COC(=O)c1ccc(N2CC(CS(=O)(=O)F)CC2=O)cn1. The smallest absolute Gasteiger partial charge is 0.356 e. The van der Waals surface area contributed by atoms with Gasteiger partial charge in [-0.25, -0.2) is 9.78 Å². The zero-order valence-corrected chi connectivity index (χ0v) is 12.0. The summed E-state index contributed by atoms with van der Waals surface area (Å²) in [6.45, 7) is 0.0984. The molecule has 2 rings (SSSR count). The molecular weight excluding hydrogens is 303 g/mol. The van der Waals surface area contributed by atoms with E-state index in [9.17, 15) is 21.9 Å². The number of ether oxygens (including phenoxy) is 1. The van der Waals surface area contributed by atoms with Crippen LogP contribution in [-0.4, -0.2) is 44.7 Å². The molecule has 0 saturated carbocycles. The maximum atomic E-state index is 12.7. The highest BCUT2D eigenvalue weighted by Gasteiger charge is 2.33. The number of esters is 1. The number of nitrogens with zero attached hydrogens (tertiary/aromatic N) is 2. The van der Waals surface area contributed by atoms with Gasteiger partial charge >= 0.3 is 16.2 Å². The molecule has 1 aliphatic heterocycles. The van der Waals surface area contributed by atoms with Gasteiger partial charge in [0.25, 0.3) is 0 Å². The molecule has 7 nitrogen and oxygen atoms in total. The second-order valence-electron chi connectivity index (χ2n) is 4.67. The molecule has 1 saturated heterocycles. The topological polar surface area (TPSA) is 93.6 Å². The van der Waals surface area contributed by atoms with Gasteiger partial charge in [-0.15, -0.1) is 3.89 Å². The Labute approximate surface area is 120 Å². The summed E-state index contributed by atoms with van der Waals surface area (Å²) in [5, 5.41) is 0. The Bertz CT molecular complexity index is 659. The van der Waals surface area contributed by atoms with E-state index in [4.69, 9.17) is 0 Å². The second-order valence-corrected chi connectivity index (χ2v) is 6.08. The summed E-state index contributed by atoms with van der Waals surface area (Å²) in [6.07, 6.45) is 1.28. The molecule has 1 atom stereocenters. The molecular formula is C12H13FN2O5S. The first-order valence-corrected chi connectivity index (χ1v) is 7.62. The highest BCUT2D eigenvalue weighted by atomic mass is 32.3. The number of amides is 1. The highest BCUT2D eigenvalue weighted by Crippen LogP contribution is 2.25. The standard InChI is InChI=1S/C12H13FN2O5S/c1-20-12(17)10-3-2-9(5-14-10)15-6-8(4-11(15)16)7-21(13,18)19/h2-3,5,8H,4,6-7H2,1H3. The monoisotopic (exact) mass is 316 g/mol. The average molecular weight is 316 g/mol. The predicted octanol–water partition coefficient (Wildman–Crippen LogP) is 0.520. The van der Waals surface area contributed by atoms with Gasteiger partial charge in [0.15, 0.2) is 0 Å². The van der Waals surface area contributed by atoms with E-state index in [1.165, 1.54) is 30.3 Å². The minimum absolute atomic E-state index is 0.0398. The van der Waals surface area contributed by atoms with Crippen LogP contribution < -0.4 is 4.90 Å². The molecule has 21 heavy (non-hydrogen) atoms. The summed E-state index contributed by atoms with van der Waals surface area (Å²) in [7, 11) is -3.39. The lowest BCUT2D eigenvalue weighted by molar-refractivity contribution is -0.117. The fourth-order valence-electron chi connectivity index (χ4n) is 2.20. The lowest BCUT2D eigenvalue weighted by atomic mass is 10.1. The Morgan fingerprint density at radius 3 is 2.76 bits per heavy atom. The first-order chi connectivity index (χ1) is 9.80. The van der Waals surface area contributed by atoms with Crippen LogP contribution in [0.25, 0.3) is 0 Å². The van der Waals surface area contributed by atoms with Crippen LogP contribution in [-0.2, 0) is 19.8 Å². The molecule has 1 amide bonds. The van der Waals surface area contributed by atoms with E-state index < -0.39 is 27.9 Å². The highest BCUT2D eigenvalue weighted by molar-refractivity contribution is 7.86. The number of carbonyl (C=O) groups excluding carboxylic acids is 2. The Kier molecular flexibility index (Phi) is 4.21. The van der Waals surface area contributed by atoms with Crippen molar-refractivity contribution in [3.8, 4) is 0 Å². The Morgan fingerprint density at radius 1 is 1.52 bits per heavy atom. The molecule has 1 aromatic heterocycles. The van der Waals surface area contributed by atoms with E-state index in [1.54, 1.807) is 0 Å². The minimum Gasteiger partial charge on any atom is -0.464 e. The Balaban J connectivity index is 2.12. The van der Waals surface area contributed by atoms with Crippen LogP contribution in [0.4, 0.5) is 9.57 Å². The molecule has 114 valence electrons. The summed E-state index contributed by atoms with van der Waals surface area (Å²) < 4.78 is 38.4. The summed E-state index contributed by atoms with van der Waals surface area (Å²) in [5.41, 5.74) is 0.516. The molecule has 1 fully saturated rings. The van der Waals surface area contributed by atoms with E-state index in [1.807, 2.05) is 0 Å². The lowest BCUT2D eigenvalue weighted by Crippen LogP contribution is -2.25. The van der Waals surface area contributed by atoms with Crippen LogP contribution >= 0.6 is 0 Å². The van der Waals surface area contributed by atoms with Crippen molar-refractivity contribution >= 4 is 27.8 Å². The Morgan fingerprint density at radius 2 is 2.24 bits per heavy atom. The number of hydrogen-bond donors (Lipinski definition) is 0. The van der Waals surface area contributed by atoms with Gasteiger partial charge in [0.2, 0.25) is 5.91 Å². The number of pyridine rings is 1. The zero-order valence-electron chi connectivity index (χ0n) is 11.2. The van der Waals surface area contributed by atoms with Crippen molar-refractivity contribution in [1.82, 2.24) is 4.98 Å². The van der Waals surface area contributed by atoms with Crippen LogP contribution in [0.2, 0.25) is 0 Å². The van der Waals surface area contributed by atoms with E-state index in [0.29, 0.717) is 5.69 Å². The second kappa shape index (κ2) is 5.76. The van der Waals surface area contributed by atoms with Crippen LogP contribution in [0.1, 0.15) is 16.9 Å². The first-order valence-electron chi connectivity index (χ1n) is 6.07. The van der Waals surface area contributed by atoms with Crippen LogP contribution in [0.15, 0.2) is 18.3 Å². The number of methoxy groups -OCH3 is 1. The van der Waals surface area contributed by atoms with Crippen molar-refractivity contribution in [1.29, 1.82) is 0 Å². The normalized spacial score (nSPS) is 18.9. The molecule has 1 unspecified atom stereocenters. The van der Waals surface area contributed by atoms with Gasteiger partial charge in [-0.3, -0.25) is 4.79 Å². The fraction of sp³-hybridized carbons (Fsp3) is 0.417. The lowest BCUT2D eigenvalue weighted by Gasteiger charge is -2.16. The van der Waals surface area contributed by atoms with Gasteiger partial charge in [-0.05, 0) is 12.1 Å². The van der Waals surface area contributed by atoms with Crippen molar-refractivity contribution < 1.29 is 26.6 Å². The van der Waals surface area contributed by atoms with Crippen molar-refractivity contribution in [3.05, 3.63) is 24.0 Å². The average Bonchev–Trinajstić information content (AvgIpc) is 2.76. The maximum absolute atomic E-state index is 12.7.